The van der Waals surface area contributed by atoms with Crippen LogP contribution in [0.25, 0.3) is 0 Å². The third kappa shape index (κ3) is 3.58. The van der Waals surface area contributed by atoms with E-state index < -0.39 is 0 Å². The van der Waals surface area contributed by atoms with E-state index in [1.807, 2.05) is 0 Å². The summed E-state index contributed by atoms with van der Waals surface area (Å²) in [4.78, 5) is 0. The molecule has 0 amide bonds. The van der Waals surface area contributed by atoms with Crippen LogP contribution in [-0.2, 0) is 0 Å². The fourth-order valence-corrected chi connectivity index (χ4v) is 1.97. The lowest BCUT2D eigenvalue weighted by Crippen LogP contribution is -2.35. The third-order valence-electron chi connectivity index (χ3n) is 3.60. The number of hydrogen-bond donors (Lipinski definition) is 2. The zero-order valence-corrected chi connectivity index (χ0v) is 9.97. The minimum atomic E-state index is 0.309. The average molecular weight is 198 g/mol. The van der Waals surface area contributed by atoms with Crippen LogP contribution in [-0.4, -0.2) is 19.1 Å². The van der Waals surface area contributed by atoms with Crippen molar-refractivity contribution in [2.24, 2.45) is 17.1 Å². The van der Waals surface area contributed by atoms with Gasteiger partial charge in [-0.05, 0) is 44.1 Å². The second kappa shape index (κ2) is 5.13. The Bertz CT molecular complexity index is 162. The van der Waals surface area contributed by atoms with Crippen LogP contribution in [0.15, 0.2) is 0 Å². The van der Waals surface area contributed by atoms with Crippen molar-refractivity contribution < 1.29 is 0 Å². The van der Waals surface area contributed by atoms with Gasteiger partial charge in [0.1, 0.15) is 0 Å². The summed E-state index contributed by atoms with van der Waals surface area (Å²) >= 11 is 0. The minimum absolute atomic E-state index is 0.309. The highest BCUT2D eigenvalue weighted by Crippen LogP contribution is 2.48. The summed E-state index contributed by atoms with van der Waals surface area (Å²) in [7, 11) is 0. The van der Waals surface area contributed by atoms with Gasteiger partial charge in [0.2, 0.25) is 0 Å². The molecule has 1 rings (SSSR count). The Hall–Kier alpha value is -0.0800. The van der Waals surface area contributed by atoms with Gasteiger partial charge in [-0.2, -0.15) is 0 Å². The molecule has 0 heterocycles. The summed E-state index contributed by atoms with van der Waals surface area (Å²) < 4.78 is 0. The smallest absolute Gasteiger partial charge is 0.00482 e. The molecule has 84 valence electrons. The van der Waals surface area contributed by atoms with Crippen molar-refractivity contribution in [3.63, 3.8) is 0 Å². The third-order valence-corrected chi connectivity index (χ3v) is 3.60. The van der Waals surface area contributed by atoms with Gasteiger partial charge in [-0.1, -0.05) is 20.3 Å². The normalized spacial score (nSPS) is 23.1. The van der Waals surface area contributed by atoms with Crippen LogP contribution in [0.5, 0.6) is 0 Å². The molecule has 1 aliphatic carbocycles. The summed E-state index contributed by atoms with van der Waals surface area (Å²) in [5, 5.41) is 3.57. The van der Waals surface area contributed by atoms with Crippen molar-refractivity contribution >= 4 is 0 Å². The van der Waals surface area contributed by atoms with Crippen LogP contribution in [0.3, 0.4) is 0 Å². The van der Waals surface area contributed by atoms with E-state index in [4.69, 9.17) is 5.73 Å². The summed E-state index contributed by atoms with van der Waals surface area (Å²) in [6.07, 6.45) is 5.58. The molecular formula is C12H26N2. The standard InChI is InChI=1S/C12H26N2/c1-4-5-12(6-7-12)9-14-8-10(2)11(3)13/h10-11,14H,4-9,13H2,1-3H3. The molecule has 0 aliphatic heterocycles. The first-order valence-corrected chi connectivity index (χ1v) is 6.06. The lowest BCUT2D eigenvalue weighted by atomic mass is 10.00. The first-order valence-electron chi connectivity index (χ1n) is 6.06. The Balaban J connectivity index is 2.09. The molecule has 0 radical (unpaired) electrons. The number of hydrogen-bond acceptors (Lipinski definition) is 2. The van der Waals surface area contributed by atoms with Gasteiger partial charge in [-0.25, -0.2) is 0 Å². The Labute approximate surface area is 88.6 Å². The van der Waals surface area contributed by atoms with E-state index >= 15 is 0 Å². The van der Waals surface area contributed by atoms with E-state index in [0.29, 0.717) is 17.4 Å². The SMILES string of the molecule is CCCC1(CNCC(C)C(C)N)CC1. The van der Waals surface area contributed by atoms with Gasteiger partial charge in [-0.15, -0.1) is 0 Å². The van der Waals surface area contributed by atoms with Crippen molar-refractivity contribution in [2.75, 3.05) is 13.1 Å². The molecular weight excluding hydrogens is 172 g/mol. The first-order chi connectivity index (χ1) is 6.59. The van der Waals surface area contributed by atoms with Gasteiger partial charge >= 0.3 is 0 Å². The van der Waals surface area contributed by atoms with Crippen molar-refractivity contribution in [3.05, 3.63) is 0 Å². The molecule has 0 aromatic carbocycles. The highest BCUT2D eigenvalue weighted by Gasteiger charge is 2.40. The molecule has 14 heavy (non-hydrogen) atoms. The molecule has 0 saturated heterocycles. The fourth-order valence-electron chi connectivity index (χ4n) is 1.97. The Kier molecular flexibility index (Phi) is 4.39. The van der Waals surface area contributed by atoms with Crippen LogP contribution in [0.2, 0.25) is 0 Å². The first kappa shape index (κ1) is 12.0. The molecule has 0 bridgehead atoms. The van der Waals surface area contributed by atoms with Crippen LogP contribution < -0.4 is 11.1 Å². The molecule has 1 aliphatic rings. The van der Waals surface area contributed by atoms with Crippen LogP contribution in [0.1, 0.15) is 46.5 Å². The van der Waals surface area contributed by atoms with Gasteiger partial charge < -0.3 is 11.1 Å². The van der Waals surface area contributed by atoms with Crippen molar-refractivity contribution in [1.82, 2.24) is 5.32 Å². The van der Waals surface area contributed by atoms with Crippen LogP contribution in [0.4, 0.5) is 0 Å². The van der Waals surface area contributed by atoms with E-state index in [9.17, 15) is 0 Å². The molecule has 3 N–H and O–H groups in total. The molecule has 2 unspecified atom stereocenters. The Morgan fingerprint density at radius 3 is 2.43 bits per heavy atom. The second-order valence-corrected chi connectivity index (χ2v) is 5.22. The molecule has 1 fully saturated rings. The van der Waals surface area contributed by atoms with Crippen molar-refractivity contribution in [1.29, 1.82) is 0 Å². The highest BCUT2D eigenvalue weighted by molar-refractivity contribution is 4.94. The molecule has 2 heteroatoms. The van der Waals surface area contributed by atoms with E-state index in [-0.39, 0.29) is 0 Å². The van der Waals surface area contributed by atoms with Crippen LogP contribution >= 0.6 is 0 Å². The summed E-state index contributed by atoms with van der Waals surface area (Å²) in [5.74, 6) is 0.590. The summed E-state index contributed by atoms with van der Waals surface area (Å²) in [6.45, 7) is 8.87. The number of nitrogens with one attached hydrogen (secondary N) is 1. The average Bonchev–Trinajstić information content (AvgIpc) is 2.85. The van der Waals surface area contributed by atoms with Gasteiger partial charge in [0.25, 0.3) is 0 Å². The molecule has 0 aromatic rings. The topological polar surface area (TPSA) is 38.0 Å². The quantitative estimate of drug-likeness (QED) is 0.658. The van der Waals surface area contributed by atoms with E-state index in [1.165, 1.54) is 32.2 Å². The Morgan fingerprint density at radius 1 is 1.36 bits per heavy atom. The Morgan fingerprint density at radius 2 is 2.00 bits per heavy atom. The molecule has 2 nitrogen and oxygen atoms in total. The zero-order chi connectivity index (χ0) is 10.6. The molecule has 2 atom stereocenters. The van der Waals surface area contributed by atoms with E-state index in [2.05, 4.69) is 26.1 Å². The van der Waals surface area contributed by atoms with Gasteiger partial charge in [0, 0.05) is 12.6 Å². The van der Waals surface area contributed by atoms with E-state index in [1.54, 1.807) is 0 Å². The van der Waals surface area contributed by atoms with Gasteiger partial charge in [-0.3, -0.25) is 0 Å². The second-order valence-electron chi connectivity index (χ2n) is 5.22. The predicted octanol–water partition coefficient (Wildman–Crippen LogP) is 2.14. The number of nitrogens with two attached hydrogens (primary N) is 1. The maximum atomic E-state index is 5.82. The highest BCUT2D eigenvalue weighted by atomic mass is 14.9. The summed E-state index contributed by atoms with van der Waals surface area (Å²) in [6, 6.07) is 0.309. The van der Waals surface area contributed by atoms with Gasteiger partial charge in [0.05, 0.1) is 0 Å². The largest absolute Gasteiger partial charge is 0.328 e. The lowest BCUT2D eigenvalue weighted by Gasteiger charge is -2.19. The number of rotatable bonds is 7. The zero-order valence-electron chi connectivity index (χ0n) is 9.97. The fraction of sp³-hybridized carbons (Fsp3) is 1.00. The molecule has 0 aromatic heterocycles. The maximum Gasteiger partial charge on any atom is 0.00482 e. The lowest BCUT2D eigenvalue weighted by molar-refractivity contribution is 0.380. The van der Waals surface area contributed by atoms with Crippen molar-refractivity contribution in [3.8, 4) is 0 Å². The maximum absolute atomic E-state index is 5.82. The van der Waals surface area contributed by atoms with Crippen LogP contribution in [0, 0.1) is 11.3 Å². The summed E-state index contributed by atoms with van der Waals surface area (Å²) in [5.41, 5.74) is 6.49. The molecule has 1 saturated carbocycles. The van der Waals surface area contributed by atoms with Crippen molar-refractivity contribution in [2.45, 2.75) is 52.5 Å². The molecule has 0 spiro atoms. The minimum Gasteiger partial charge on any atom is -0.328 e. The van der Waals surface area contributed by atoms with Gasteiger partial charge in [0.15, 0.2) is 0 Å². The van der Waals surface area contributed by atoms with E-state index in [0.717, 1.165) is 6.54 Å². The predicted molar refractivity (Wildman–Crippen MR) is 62.3 cm³/mol. The monoisotopic (exact) mass is 198 g/mol.